The van der Waals surface area contributed by atoms with Crippen molar-refractivity contribution in [2.24, 2.45) is 4.99 Å². The van der Waals surface area contributed by atoms with Crippen LogP contribution in [0, 0.1) is 28.2 Å². The van der Waals surface area contributed by atoms with Gasteiger partial charge in [0.1, 0.15) is 5.82 Å². The summed E-state index contributed by atoms with van der Waals surface area (Å²) < 4.78 is 33.8. The summed E-state index contributed by atoms with van der Waals surface area (Å²) in [5.41, 5.74) is 4.15. The van der Waals surface area contributed by atoms with Crippen molar-refractivity contribution in [2.75, 3.05) is 12.4 Å². The standard InChI is InChI=1S/C32H23ClF2N4O3/c1-42-32(40)37-24-10-4-20(5-11-24)27-13-14-28(38-27)25(16-19-2-8-23(34)9-3-19)29-15-7-22(18-39(29)41)30-21(17-36)6-12-26(33)31(30)35/h2-13,15,18,25H,14,16H2,1H3,(H,37,40). The molecule has 0 aliphatic carbocycles. The molecule has 42 heavy (non-hydrogen) atoms. The van der Waals surface area contributed by atoms with Gasteiger partial charge in [-0.1, -0.05) is 41.9 Å². The molecule has 2 heterocycles. The maximum absolute atomic E-state index is 14.9. The van der Waals surface area contributed by atoms with Gasteiger partial charge in [-0.05, 0) is 60.0 Å². The summed E-state index contributed by atoms with van der Waals surface area (Å²) in [6.07, 6.45) is 3.41. The molecule has 0 radical (unpaired) electrons. The third-order valence-corrected chi connectivity index (χ3v) is 7.23. The van der Waals surface area contributed by atoms with Crippen LogP contribution in [0.25, 0.3) is 16.8 Å². The number of rotatable bonds is 7. The molecule has 0 bridgehead atoms. The van der Waals surface area contributed by atoms with Gasteiger partial charge in [0.2, 0.25) is 5.69 Å². The first kappa shape index (κ1) is 28.5. The molecule has 1 unspecified atom stereocenters. The average molecular weight is 585 g/mol. The number of carbonyl (C=O) groups is 1. The van der Waals surface area contributed by atoms with Crippen molar-refractivity contribution in [3.8, 4) is 17.2 Å². The number of nitrogens with zero attached hydrogens (tertiary/aromatic N) is 3. The first-order valence-corrected chi connectivity index (χ1v) is 13.2. The van der Waals surface area contributed by atoms with Crippen molar-refractivity contribution in [3.63, 3.8) is 0 Å². The van der Waals surface area contributed by atoms with E-state index in [4.69, 9.17) is 16.6 Å². The van der Waals surface area contributed by atoms with E-state index in [2.05, 4.69) is 10.1 Å². The Labute approximate surface area is 245 Å². The molecule has 210 valence electrons. The van der Waals surface area contributed by atoms with Crippen LogP contribution < -0.4 is 10.0 Å². The minimum absolute atomic E-state index is 0.0503. The molecule has 0 saturated heterocycles. The highest BCUT2D eigenvalue weighted by Gasteiger charge is 2.29. The van der Waals surface area contributed by atoms with Gasteiger partial charge in [0.05, 0.1) is 40.9 Å². The second kappa shape index (κ2) is 12.2. The highest BCUT2D eigenvalue weighted by atomic mass is 35.5. The fraction of sp³-hybridized carbons (Fsp3) is 0.125. The molecule has 4 aromatic rings. The molecule has 5 rings (SSSR count). The number of amides is 1. The number of halogens is 3. The maximum atomic E-state index is 14.9. The molecule has 1 amide bonds. The second-order valence-corrected chi connectivity index (χ2v) is 9.95. The van der Waals surface area contributed by atoms with Gasteiger partial charge in [-0.3, -0.25) is 10.3 Å². The summed E-state index contributed by atoms with van der Waals surface area (Å²) in [4.78, 5) is 16.3. The van der Waals surface area contributed by atoms with Gasteiger partial charge in [-0.2, -0.15) is 9.99 Å². The molecule has 1 aromatic heterocycles. The number of allylic oxidation sites excluding steroid dienone is 1. The lowest BCUT2D eigenvalue weighted by atomic mass is 9.89. The van der Waals surface area contributed by atoms with Crippen molar-refractivity contribution >= 4 is 34.8 Å². The number of anilines is 1. The van der Waals surface area contributed by atoms with Crippen molar-refractivity contribution in [3.05, 3.63) is 129 Å². The van der Waals surface area contributed by atoms with Crippen LogP contribution in [-0.2, 0) is 11.2 Å². The van der Waals surface area contributed by atoms with E-state index < -0.39 is 17.8 Å². The number of ether oxygens (including phenoxy) is 1. The SMILES string of the molecule is COC(=O)Nc1ccc(C2=CCC(C(Cc3ccc(F)cc3)c3ccc(-c4c(C#N)ccc(Cl)c4F)c[n+]3[O-])=N2)cc1. The monoisotopic (exact) mass is 584 g/mol. The van der Waals surface area contributed by atoms with Gasteiger partial charge >= 0.3 is 6.09 Å². The van der Waals surface area contributed by atoms with Gasteiger partial charge < -0.3 is 9.94 Å². The molecular formula is C32H23ClF2N4O3. The number of hydrogen-bond acceptors (Lipinski definition) is 5. The zero-order chi connectivity index (χ0) is 29.8. The van der Waals surface area contributed by atoms with E-state index in [1.807, 2.05) is 24.3 Å². The summed E-state index contributed by atoms with van der Waals surface area (Å²) in [5, 5.41) is 25.4. The van der Waals surface area contributed by atoms with E-state index in [9.17, 15) is 24.0 Å². The lowest BCUT2D eigenvalue weighted by Crippen LogP contribution is -2.36. The van der Waals surface area contributed by atoms with Gasteiger partial charge in [0, 0.05) is 29.4 Å². The number of hydrogen-bond donors (Lipinski definition) is 1. The number of nitrogens with one attached hydrogen (secondary N) is 1. The molecular weight excluding hydrogens is 562 g/mol. The van der Waals surface area contributed by atoms with Crippen molar-refractivity contribution in [2.45, 2.75) is 18.8 Å². The smallest absolute Gasteiger partial charge is 0.411 e. The predicted molar refractivity (Wildman–Crippen MR) is 156 cm³/mol. The summed E-state index contributed by atoms with van der Waals surface area (Å²) in [5.74, 6) is -1.65. The van der Waals surface area contributed by atoms with E-state index in [1.165, 1.54) is 37.6 Å². The Balaban J connectivity index is 1.50. The van der Waals surface area contributed by atoms with Crippen molar-refractivity contribution in [1.82, 2.24) is 0 Å². The lowest BCUT2D eigenvalue weighted by molar-refractivity contribution is -0.614. The molecule has 1 N–H and O–H groups in total. The zero-order valence-electron chi connectivity index (χ0n) is 22.3. The first-order valence-electron chi connectivity index (χ1n) is 12.9. The van der Waals surface area contributed by atoms with Crippen molar-refractivity contribution in [1.29, 1.82) is 5.26 Å². The van der Waals surface area contributed by atoms with E-state index in [-0.39, 0.29) is 27.5 Å². The van der Waals surface area contributed by atoms with Crippen LogP contribution in [0.1, 0.15) is 34.7 Å². The Morgan fingerprint density at radius 3 is 2.48 bits per heavy atom. The second-order valence-electron chi connectivity index (χ2n) is 9.54. The molecule has 1 atom stereocenters. The zero-order valence-corrected chi connectivity index (χ0v) is 23.0. The van der Waals surface area contributed by atoms with Gasteiger partial charge in [-0.15, -0.1) is 0 Å². The predicted octanol–water partition coefficient (Wildman–Crippen LogP) is 7.18. The number of pyridine rings is 1. The number of aliphatic imine (C=N–C) groups is 1. The fourth-order valence-corrected chi connectivity index (χ4v) is 4.99. The molecule has 7 nitrogen and oxygen atoms in total. The van der Waals surface area contributed by atoms with Crippen LogP contribution in [0.3, 0.4) is 0 Å². The number of benzene rings is 3. The highest BCUT2D eigenvalue weighted by molar-refractivity contribution is 6.31. The molecule has 0 spiro atoms. The van der Waals surface area contributed by atoms with Gasteiger partial charge in [0.25, 0.3) is 0 Å². The number of methoxy groups -OCH3 is 1. The third kappa shape index (κ3) is 5.99. The lowest BCUT2D eigenvalue weighted by Gasteiger charge is -2.18. The first-order chi connectivity index (χ1) is 20.3. The molecule has 0 fully saturated rings. The topological polar surface area (TPSA) is 101 Å². The van der Waals surface area contributed by atoms with Crippen molar-refractivity contribution < 1.29 is 23.0 Å². The van der Waals surface area contributed by atoms with Crippen LogP contribution in [0.5, 0.6) is 0 Å². The van der Waals surface area contributed by atoms with Crippen LogP contribution in [0.4, 0.5) is 19.3 Å². The minimum Gasteiger partial charge on any atom is -0.618 e. The third-order valence-electron chi connectivity index (χ3n) is 6.94. The van der Waals surface area contributed by atoms with Gasteiger partial charge in [0.15, 0.2) is 12.0 Å². The Bertz CT molecular complexity index is 1760. The Hall–Kier alpha value is -5.07. The summed E-state index contributed by atoms with van der Waals surface area (Å²) >= 11 is 5.96. The number of carbonyl (C=O) groups excluding carboxylic acids is 1. The molecule has 3 aromatic carbocycles. The minimum atomic E-state index is -0.784. The van der Waals surface area contributed by atoms with Crippen LogP contribution in [0.15, 0.2) is 90.1 Å². The molecule has 10 heteroatoms. The normalized spacial score (nSPS) is 13.1. The number of aromatic nitrogens is 1. The summed E-state index contributed by atoms with van der Waals surface area (Å²) in [6.45, 7) is 0. The summed E-state index contributed by atoms with van der Waals surface area (Å²) in [6, 6.07) is 20.9. The Kier molecular flexibility index (Phi) is 8.27. The maximum Gasteiger partial charge on any atom is 0.411 e. The van der Waals surface area contributed by atoms with E-state index >= 15 is 0 Å². The van der Waals surface area contributed by atoms with Crippen LogP contribution >= 0.6 is 11.6 Å². The summed E-state index contributed by atoms with van der Waals surface area (Å²) in [7, 11) is 1.28. The Morgan fingerprint density at radius 1 is 1.10 bits per heavy atom. The van der Waals surface area contributed by atoms with Crippen LogP contribution in [0.2, 0.25) is 5.02 Å². The molecule has 1 aliphatic rings. The van der Waals surface area contributed by atoms with E-state index in [1.54, 1.807) is 36.4 Å². The quantitative estimate of drug-likeness (QED) is 0.184. The van der Waals surface area contributed by atoms with E-state index in [0.29, 0.717) is 34.7 Å². The van der Waals surface area contributed by atoms with Gasteiger partial charge in [-0.25, -0.2) is 13.6 Å². The Morgan fingerprint density at radius 2 is 1.81 bits per heavy atom. The molecule has 1 aliphatic heterocycles. The highest BCUT2D eigenvalue weighted by Crippen LogP contribution is 2.34. The largest absolute Gasteiger partial charge is 0.618 e. The molecule has 0 saturated carbocycles. The average Bonchev–Trinajstić information content (AvgIpc) is 3.49. The van der Waals surface area contributed by atoms with E-state index in [0.717, 1.165) is 16.8 Å². The fourth-order valence-electron chi connectivity index (χ4n) is 4.83. The van der Waals surface area contributed by atoms with Crippen LogP contribution in [-0.4, -0.2) is 18.9 Å². The number of nitriles is 1.